The van der Waals surface area contributed by atoms with E-state index in [2.05, 4.69) is 0 Å². The molecule has 0 radical (unpaired) electrons. The van der Waals surface area contributed by atoms with Gasteiger partial charge in [-0.15, -0.1) is 0 Å². The summed E-state index contributed by atoms with van der Waals surface area (Å²) >= 11 is 5.94. The summed E-state index contributed by atoms with van der Waals surface area (Å²) in [6.45, 7) is 5.17. The lowest BCUT2D eigenvalue weighted by atomic mass is 9.98. The Kier molecular flexibility index (Phi) is 3.72. The Hall–Kier alpha value is -1.67. The number of hydrogen-bond donors (Lipinski definition) is 0. The third-order valence-electron chi connectivity index (χ3n) is 3.12. The summed E-state index contributed by atoms with van der Waals surface area (Å²) in [5.74, 6) is -0.380. The van der Waals surface area contributed by atoms with E-state index < -0.39 is 0 Å². The molecule has 98 valence electrons. The maximum absolute atomic E-state index is 13.6. The van der Waals surface area contributed by atoms with E-state index in [0.29, 0.717) is 27.3 Å². The Morgan fingerprint density at radius 2 is 1.47 bits per heavy atom. The molecular formula is C16H14ClFO. The van der Waals surface area contributed by atoms with Crippen molar-refractivity contribution in [2.75, 3.05) is 0 Å². The first-order valence-corrected chi connectivity index (χ1v) is 6.35. The summed E-state index contributed by atoms with van der Waals surface area (Å²) in [6.07, 6.45) is 0. The Labute approximate surface area is 117 Å². The molecule has 0 aromatic heterocycles. The molecule has 0 amide bonds. The van der Waals surface area contributed by atoms with Crippen LogP contribution in [0.5, 0.6) is 0 Å². The largest absolute Gasteiger partial charge is 0.289 e. The minimum atomic E-state index is -0.260. The highest BCUT2D eigenvalue weighted by molar-refractivity contribution is 6.31. The average molecular weight is 277 g/mol. The molecular weight excluding hydrogens is 263 g/mol. The van der Waals surface area contributed by atoms with E-state index in [-0.39, 0.29) is 11.6 Å². The van der Waals surface area contributed by atoms with Crippen LogP contribution in [0.25, 0.3) is 0 Å². The second kappa shape index (κ2) is 5.14. The zero-order valence-corrected chi connectivity index (χ0v) is 11.8. The SMILES string of the molecule is Cc1cc(C(=O)c2cc(C)c(F)c(C)c2)ccc1Cl. The van der Waals surface area contributed by atoms with Crippen LogP contribution >= 0.6 is 11.6 Å². The minimum Gasteiger partial charge on any atom is -0.289 e. The molecule has 19 heavy (non-hydrogen) atoms. The Morgan fingerprint density at radius 1 is 0.947 bits per heavy atom. The number of hydrogen-bond acceptors (Lipinski definition) is 1. The highest BCUT2D eigenvalue weighted by Crippen LogP contribution is 2.21. The predicted octanol–water partition coefficient (Wildman–Crippen LogP) is 4.64. The maximum Gasteiger partial charge on any atom is 0.193 e. The summed E-state index contributed by atoms with van der Waals surface area (Å²) in [7, 11) is 0. The molecule has 0 N–H and O–H groups in total. The number of carbonyl (C=O) groups excluding carboxylic acids is 1. The standard InChI is InChI=1S/C16H14ClFO/c1-9-6-12(4-5-14(9)17)16(19)13-7-10(2)15(18)11(3)8-13/h4-8H,1-3H3. The quantitative estimate of drug-likeness (QED) is 0.731. The molecule has 2 rings (SSSR count). The zero-order chi connectivity index (χ0) is 14.2. The minimum absolute atomic E-state index is 0.119. The fourth-order valence-electron chi connectivity index (χ4n) is 2.03. The molecule has 0 aliphatic carbocycles. The highest BCUT2D eigenvalue weighted by atomic mass is 35.5. The van der Waals surface area contributed by atoms with Crippen LogP contribution in [0.2, 0.25) is 5.02 Å². The van der Waals surface area contributed by atoms with Gasteiger partial charge >= 0.3 is 0 Å². The average Bonchev–Trinajstić information content (AvgIpc) is 2.37. The zero-order valence-electron chi connectivity index (χ0n) is 11.1. The van der Waals surface area contributed by atoms with Gasteiger partial charge in [0.15, 0.2) is 5.78 Å². The van der Waals surface area contributed by atoms with Gasteiger partial charge in [-0.25, -0.2) is 4.39 Å². The number of carbonyl (C=O) groups is 1. The molecule has 3 heteroatoms. The van der Waals surface area contributed by atoms with Gasteiger partial charge < -0.3 is 0 Å². The number of benzene rings is 2. The predicted molar refractivity (Wildman–Crippen MR) is 75.5 cm³/mol. The van der Waals surface area contributed by atoms with E-state index in [1.165, 1.54) is 0 Å². The summed E-state index contributed by atoms with van der Waals surface area (Å²) in [5.41, 5.74) is 2.87. The van der Waals surface area contributed by atoms with Crippen molar-refractivity contribution in [1.82, 2.24) is 0 Å². The van der Waals surface area contributed by atoms with E-state index in [1.807, 2.05) is 6.92 Å². The van der Waals surface area contributed by atoms with E-state index in [4.69, 9.17) is 11.6 Å². The Bertz CT molecular complexity index is 639. The molecule has 0 atom stereocenters. The molecule has 0 heterocycles. The van der Waals surface area contributed by atoms with Crippen molar-refractivity contribution in [3.63, 3.8) is 0 Å². The number of halogens is 2. The lowest BCUT2D eigenvalue weighted by molar-refractivity contribution is 0.103. The second-order valence-corrected chi connectivity index (χ2v) is 5.12. The molecule has 0 saturated carbocycles. The number of aryl methyl sites for hydroxylation is 3. The van der Waals surface area contributed by atoms with Crippen LogP contribution in [0.1, 0.15) is 32.6 Å². The van der Waals surface area contributed by atoms with Gasteiger partial charge in [0, 0.05) is 16.1 Å². The third-order valence-corrected chi connectivity index (χ3v) is 3.54. The second-order valence-electron chi connectivity index (χ2n) is 4.72. The van der Waals surface area contributed by atoms with Gasteiger partial charge in [0.05, 0.1) is 0 Å². The van der Waals surface area contributed by atoms with Crippen molar-refractivity contribution in [3.8, 4) is 0 Å². The molecule has 1 nitrogen and oxygen atoms in total. The lowest BCUT2D eigenvalue weighted by Crippen LogP contribution is -2.04. The highest BCUT2D eigenvalue weighted by Gasteiger charge is 2.13. The van der Waals surface area contributed by atoms with Gasteiger partial charge in [-0.05, 0) is 67.8 Å². The molecule has 0 saturated heterocycles. The van der Waals surface area contributed by atoms with Crippen LogP contribution in [0, 0.1) is 26.6 Å². The number of ketones is 1. The fourth-order valence-corrected chi connectivity index (χ4v) is 2.15. The lowest BCUT2D eigenvalue weighted by Gasteiger charge is -2.07. The Balaban J connectivity index is 2.47. The first kappa shape index (κ1) is 13.8. The first-order chi connectivity index (χ1) is 8.90. The molecule has 0 aliphatic heterocycles. The van der Waals surface area contributed by atoms with Crippen molar-refractivity contribution in [1.29, 1.82) is 0 Å². The molecule has 0 bridgehead atoms. The molecule has 2 aromatic carbocycles. The van der Waals surface area contributed by atoms with Gasteiger partial charge in [-0.3, -0.25) is 4.79 Å². The van der Waals surface area contributed by atoms with E-state index in [0.717, 1.165) is 5.56 Å². The van der Waals surface area contributed by atoms with Gasteiger partial charge in [-0.2, -0.15) is 0 Å². The smallest absolute Gasteiger partial charge is 0.193 e. The van der Waals surface area contributed by atoms with E-state index in [9.17, 15) is 9.18 Å². The summed E-state index contributed by atoms with van der Waals surface area (Å²) in [6, 6.07) is 8.29. The van der Waals surface area contributed by atoms with Gasteiger partial charge in [-0.1, -0.05) is 11.6 Å². The van der Waals surface area contributed by atoms with Gasteiger partial charge in [0.25, 0.3) is 0 Å². The van der Waals surface area contributed by atoms with Gasteiger partial charge in [0.1, 0.15) is 5.82 Å². The molecule has 0 unspecified atom stereocenters. The van der Waals surface area contributed by atoms with E-state index in [1.54, 1.807) is 44.2 Å². The van der Waals surface area contributed by atoms with Gasteiger partial charge in [0.2, 0.25) is 0 Å². The summed E-state index contributed by atoms with van der Waals surface area (Å²) in [5, 5.41) is 0.628. The summed E-state index contributed by atoms with van der Waals surface area (Å²) in [4.78, 5) is 12.4. The summed E-state index contributed by atoms with van der Waals surface area (Å²) < 4.78 is 13.6. The van der Waals surface area contributed by atoms with Crippen LogP contribution in [0.15, 0.2) is 30.3 Å². The van der Waals surface area contributed by atoms with Crippen LogP contribution in [0.4, 0.5) is 4.39 Å². The first-order valence-electron chi connectivity index (χ1n) is 5.97. The normalized spacial score (nSPS) is 10.6. The van der Waals surface area contributed by atoms with Crippen molar-refractivity contribution >= 4 is 17.4 Å². The topological polar surface area (TPSA) is 17.1 Å². The van der Waals surface area contributed by atoms with Crippen LogP contribution in [-0.2, 0) is 0 Å². The van der Waals surface area contributed by atoms with Crippen molar-refractivity contribution < 1.29 is 9.18 Å². The number of rotatable bonds is 2. The fraction of sp³-hybridized carbons (Fsp3) is 0.188. The molecule has 0 fully saturated rings. The monoisotopic (exact) mass is 276 g/mol. The maximum atomic E-state index is 13.6. The van der Waals surface area contributed by atoms with Crippen LogP contribution < -0.4 is 0 Å². The van der Waals surface area contributed by atoms with Crippen molar-refractivity contribution in [2.24, 2.45) is 0 Å². The van der Waals surface area contributed by atoms with Crippen LogP contribution in [-0.4, -0.2) is 5.78 Å². The molecule has 0 spiro atoms. The van der Waals surface area contributed by atoms with E-state index >= 15 is 0 Å². The third kappa shape index (κ3) is 2.69. The molecule has 2 aromatic rings. The van der Waals surface area contributed by atoms with Crippen LogP contribution in [0.3, 0.4) is 0 Å². The van der Waals surface area contributed by atoms with Crippen molar-refractivity contribution in [2.45, 2.75) is 20.8 Å². The Morgan fingerprint density at radius 3 is 2.00 bits per heavy atom. The van der Waals surface area contributed by atoms with Crippen molar-refractivity contribution in [3.05, 3.63) is 69.0 Å². The molecule has 0 aliphatic rings.